The monoisotopic (exact) mass is 661 g/mol. The Morgan fingerprint density at radius 3 is 1.38 bits per heavy atom. The van der Waals surface area contributed by atoms with Crippen molar-refractivity contribution in [1.29, 1.82) is 0 Å². The van der Waals surface area contributed by atoms with Gasteiger partial charge in [0.1, 0.15) is 11.5 Å². The molecule has 47 heavy (non-hydrogen) atoms. The normalized spacial score (nSPS) is 10.0. The Morgan fingerprint density at radius 2 is 1.00 bits per heavy atom. The summed E-state index contributed by atoms with van der Waals surface area (Å²) >= 11 is 0. The van der Waals surface area contributed by atoms with Gasteiger partial charge < -0.3 is 19.0 Å². The second kappa shape index (κ2) is 16.9. The van der Waals surface area contributed by atoms with Gasteiger partial charge in [0.2, 0.25) is 0 Å². The maximum atomic E-state index is 12.7. The zero-order chi connectivity index (χ0) is 35.3. The molecule has 0 aliphatic carbocycles. The van der Waals surface area contributed by atoms with Crippen LogP contribution >= 0.6 is 0 Å². The van der Waals surface area contributed by atoms with E-state index in [0.717, 1.165) is 36.4 Å². The molecule has 0 radical (unpaired) electrons. The molecular weight excluding hydrogens is 638 g/mol. The summed E-state index contributed by atoms with van der Waals surface area (Å²) in [7, 11) is 0. The molecular formula is C26H23N5O16. The van der Waals surface area contributed by atoms with E-state index in [1.54, 1.807) is 0 Å². The Labute approximate surface area is 261 Å². The minimum Gasteiger partial charge on any atom is -0.482 e. The van der Waals surface area contributed by atoms with E-state index in [-0.39, 0.29) is 37.6 Å². The number of carbonyl (C=O) groups excluding carboxylic acids is 2. The third-order valence-electron chi connectivity index (χ3n) is 5.47. The standard InChI is InChI=1S/C24H17N5O16.C2H6/c30-23(14-9-16(25(32)33)13-17(10-14)26(34)35)44-18-3-5-19(6-4-18)45-24(31)15-11-20(27(36)37)22(21(12-15)28(38)39)42-7-1-2-8-43-29(40)41;1-2/h3-6,9-13H,1-2,7-8H2;1-2H3. The molecule has 3 aromatic carbocycles. The number of rotatable bonds is 15. The van der Waals surface area contributed by atoms with E-state index in [1.807, 2.05) is 13.8 Å². The van der Waals surface area contributed by atoms with Gasteiger partial charge in [-0.1, -0.05) is 13.8 Å². The average molecular weight is 661 g/mol. The Hall–Kier alpha value is -6.80. The SMILES string of the molecule is CC.O=C(Oc1ccc(OC(=O)c2cc([N+](=O)[O-])c(OCCCCO[N+](=O)[O-])c([N+](=O)[O-])c2)cc1)c1cc([N+](=O)[O-])cc([N+](=O)[O-])c1. The van der Waals surface area contributed by atoms with Gasteiger partial charge in [-0.3, -0.25) is 40.5 Å². The van der Waals surface area contributed by atoms with E-state index in [4.69, 9.17) is 14.2 Å². The maximum Gasteiger partial charge on any atom is 0.344 e. The van der Waals surface area contributed by atoms with Crippen molar-refractivity contribution in [2.24, 2.45) is 0 Å². The van der Waals surface area contributed by atoms with E-state index >= 15 is 0 Å². The number of unbranched alkanes of at least 4 members (excludes halogenated alkanes) is 1. The Kier molecular flexibility index (Phi) is 13.1. The number of non-ortho nitro benzene ring substituents is 2. The fourth-order valence-electron chi connectivity index (χ4n) is 3.48. The van der Waals surface area contributed by atoms with Crippen molar-refractivity contribution in [2.45, 2.75) is 26.7 Å². The van der Waals surface area contributed by atoms with Crippen LogP contribution in [0.4, 0.5) is 22.7 Å². The summed E-state index contributed by atoms with van der Waals surface area (Å²) < 4.78 is 15.3. The van der Waals surface area contributed by atoms with Crippen molar-refractivity contribution in [3.8, 4) is 17.2 Å². The average Bonchev–Trinajstić information content (AvgIpc) is 3.03. The summed E-state index contributed by atoms with van der Waals surface area (Å²) in [6.45, 7) is 3.40. The van der Waals surface area contributed by atoms with Crippen LogP contribution in [0, 0.1) is 50.6 Å². The van der Waals surface area contributed by atoms with E-state index < -0.39 is 76.3 Å². The minimum absolute atomic E-state index is 0.0858. The zero-order valence-electron chi connectivity index (χ0n) is 24.3. The summed E-state index contributed by atoms with van der Waals surface area (Å²) in [5.74, 6) is -3.56. The number of hydrogen-bond acceptors (Lipinski definition) is 16. The summed E-state index contributed by atoms with van der Waals surface area (Å²) in [4.78, 5) is 80.9. The second-order valence-corrected chi connectivity index (χ2v) is 8.47. The van der Waals surface area contributed by atoms with Gasteiger partial charge in [-0.2, -0.15) is 0 Å². The van der Waals surface area contributed by atoms with E-state index in [0.29, 0.717) is 18.2 Å². The number of esters is 2. The molecule has 0 saturated carbocycles. The lowest BCUT2D eigenvalue weighted by Gasteiger charge is -2.10. The Morgan fingerprint density at radius 1 is 0.596 bits per heavy atom. The van der Waals surface area contributed by atoms with E-state index in [1.165, 1.54) is 0 Å². The highest BCUT2D eigenvalue weighted by atomic mass is 16.9. The number of nitro benzene ring substituents is 4. The molecule has 0 atom stereocenters. The Balaban J connectivity index is 0.00000376. The van der Waals surface area contributed by atoms with Gasteiger partial charge in [-0.25, -0.2) is 9.59 Å². The largest absolute Gasteiger partial charge is 0.482 e. The summed E-state index contributed by atoms with van der Waals surface area (Å²) in [5, 5.41) is 54.5. The molecule has 0 unspecified atom stereocenters. The van der Waals surface area contributed by atoms with Gasteiger partial charge in [-0.05, 0) is 37.1 Å². The van der Waals surface area contributed by atoms with Crippen molar-refractivity contribution in [3.63, 3.8) is 0 Å². The van der Waals surface area contributed by atoms with E-state index in [2.05, 4.69) is 4.84 Å². The van der Waals surface area contributed by atoms with Crippen LogP contribution in [0.1, 0.15) is 47.4 Å². The van der Waals surface area contributed by atoms with Crippen molar-refractivity contribution in [2.75, 3.05) is 13.2 Å². The summed E-state index contributed by atoms with van der Waals surface area (Å²) in [6, 6.07) is 8.03. The van der Waals surface area contributed by atoms with E-state index in [9.17, 15) is 60.2 Å². The molecule has 3 rings (SSSR count). The fraction of sp³-hybridized carbons (Fsp3) is 0.231. The first-order valence-corrected chi connectivity index (χ1v) is 13.1. The smallest absolute Gasteiger partial charge is 0.344 e. The molecule has 0 fully saturated rings. The number of ether oxygens (including phenoxy) is 3. The number of hydrogen-bond donors (Lipinski definition) is 0. The van der Waals surface area contributed by atoms with Crippen LogP contribution in [0.5, 0.6) is 17.2 Å². The molecule has 0 bridgehead atoms. The molecule has 3 aromatic rings. The van der Waals surface area contributed by atoms with Crippen LogP contribution in [-0.4, -0.2) is 49.9 Å². The van der Waals surface area contributed by atoms with Crippen LogP contribution in [0.25, 0.3) is 0 Å². The second-order valence-electron chi connectivity index (χ2n) is 8.47. The van der Waals surface area contributed by atoms with Crippen LogP contribution in [0.3, 0.4) is 0 Å². The van der Waals surface area contributed by atoms with Gasteiger partial charge in [0.25, 0.3) is 22.2 Å². The topological polar surface area (TPSA) is 287 Å². The fourth-order valence-corrected chi connectivity index (χ4v) is 3.48. The lowest BCUT2D eigenvalue weighted by atomic mass is 10.1. The first-order chi connectivity index (χ1) is 22.3. The molecule has 0 aromatic heterocycles. The first kappa shape index (κ1) is 36.4. The lowest BCUT2D eigenvalue weighted by Crippen LogP contribution is -2.12. The third-order valence-corrected chi connectivity index (χ3v) is 5.47. The predicted molar refractivity (Wildman–Crippen MR) is 155 cm³/mol. The van der Waals surface area contributed by atoms with Crippen molar-refractivity contribution < 1.29 is 53.4 Å². The maximum absolute atomic E-state index is 12.7. The zero-order valence-corrected chi connectivity index (χ0v) is 24.3. The van der Waals surface area contributed by atoms with Gasteiger partial charge in [0.15, 0.2) is 0 Å². The molecule has 0 spiro atoms. The summed E-state index contributed by atoms with van der Waals surface area (Å²) in [5.41, 5.74) is -4.39. The predicted octanol–water partition coefficient (Wildman–Crippen LogP) is 5.15. The van der Waals surface area contributed by atoms with Gasteiger partial charge in [0.05, 0.1) is 50.1 Å². The number of nitrogens with zero attached hydrogens (tertiary/aromatic N) is 5. The van der Waals surface area contributed by atoms with Crippen molar-refractivity contribution in [1.82, 2.24) is 0 Å². The molecule has 21 nitrogen and oxygen atoms in total. The highest BCUT2D eigenvalue weighted by molar-refractivity contribution is 5.94. The highest BCUT2D eigenvalue weighted by Crippen LogP contribution is 2.38. The molecule has 248 valence electrons. The quantitative estimate of drug-likeness (QED) is 0.0668. The molecule has 21 heteroatoms. The van der Waals surface area contributed by atoms with Crippen LogP contribution in [-0.2, 0) is 4.84 Å². The molecule has 0 heterocycles. The third kappa shape index (κ3) is 10.4. The minimum atomic E-state index is -1.25. The van der Waals surface area contributed by atoms with Crippen LogP contribution in [0.2, 0.25) is 0 Å². The van der Waals surface area contributed by atoms with Crippen LogP contribution in [0.15, 0.2) is 54.6 Å². The van der Waals surface area contributed by atoms with Crippen molar-refractivity contribution in [3.05, 3.63) is 116 Å². The Bertz CT molecular complexity index is 1630. The van der Waals surface area contributed by atoms with Gasteiger partial charge >= 0.3 is 23.3 Å². The molecule has 0 aliphatic heterocycles. The molecule has 0 aliphatic rings. The molecule has 0 N–H and O–H groups in total. The summed E-state index contributed by atoms with van der Waals surface area (Å²) in [6.07, 6.45) is 0.185. The van der Waals surface area contributed by atoms with Gasteiger partial charge in [-0.15, -0.1) is 10.1 Å². The lowest BCUT2D eigenvalue weighted by molar-refractivity contribution is -0.757. The first-order valence-electron chi connectivity index (χ1n) is 13.1. The number of carbonyl (C=O) groups is 2. The number of nitro groups is 4. The van der Waals surface area contributed by atoms with Crippen molar-refractivity contribution >= 4 is 34.7 Å². The highest BCUT2D eigenvalue weighted by Gasteiger charge is 2.31. The molecule has 0 amide bonds. The number of benzene rings is 3. The van der Waals surface area contributed by atoms with Crippen LogP contribution < -0.4 is 14.2 Å². The molecule has 0 saturated heterocycles. The van der Waals surface area contributed by atoms with Gasteiger partial charge in [0, 0.05) is 24.3 Å².